The van der Waals surface area contributed by atoms with Gasteiger partial charge in [0.1, 0.15) is 13.2 Å². The van der Waals surface area contributed by atoms with E-state index in [2.05, 4.69) is 167 Å². The fraction of sp³-hybridized carbons (Fsp3) is 0.623. The van der Waals surface area contributed by atoms with Crippen molar-refractivity contribution >= 4 is 17.9 Å². The van der Waals surface area contributed by atoms with Crippen LogP contribution in [0, 0.1) is 0 Å². The van der Waals surface area contributed by atoms with E-state index in [1.54, 1.807) is 6.08 Å². The van der Waals surface area contributed by atoms with E-state index in [1.807, 2.05) is 6.08 Å². The van der Waals surface area contributed by atoms with Crippen LogP contribution in [0.3, 0.4) is 0 Å². The third kappa shape index (κ3) is 67.7. The lowest BCUT2D eigenvalue weighted by Crippen LogP contribution is -2.30. The van der Waals surface area contributed by atoms with Crippen molar-refractivity contribution in [1.29, 1.82) is 0 Å². The van der Waals surface area contributed by atoms with E-state index >= 15 is 0 Å². The van der Waals surface area contributed by atoms with Gasteiger partial charge in [-0.05, 0) is 122 Å². The van der Waals surface area contributed by atoms with Crippen molar-refractivity contribution in [2.24, 2.45) is 0 Å². The predicted molar refractivity (Wildman–Crippen MR) is 362 cm³/mol. The zero-order valence-corrected chi connectivity index (χ0v) is 53.7. The second-order valence-corrected chi connectivity index (χ2v) is 22.0. The number of hydrogen-bond acceptors (Lipinski definition) is 6. The van der Waals surface area contributed by atoms with Gasteiger partial charge in [0.15, 0.2) is 6.10 Å². The highest BCUT2D eigenvalue weighted by atomic mass is 16.6. The van der Waals surface area contributed by atoms with E-state index < -0.39 is 18.0 Å². The molecular weight excluding hydrogens is 1020 g/mol. The molecule has 0 aliphatic carbocycles. The summed E-state index contributed by atoms with van der Waals surface area (Å²) in [4.78, 5) is 38.2. The van der Waals surface area contributed by atoms with Gasteiger partial charge in [-0.15, -0.1) is 0 Å². The summed E-state index contributed by atoms with van der Waals surface area (Å²) in [5, 5.41) is 0. The molecule has 0 heterocycles. The van der Waals surface area contributed by atoms with Crippen molar-refractivity contribution in [3.8, 4) is 0 Å². The molecule has 468 valence electrons. The topological polar surface area (TPSA) is 78.9 Å². The summed E-state index contributed by atoms with van der Waals surface area (Å²) < 4.78 is 16.8. The van der Waals surface area contributed by atoms with Gasteiger partial charge < -0.3 is 14.2 Å². The van der Waals surface area contributed by atoms with E-state index in [-0.39, 0.29) is 32.0 Å². The monoisotopic (exact) mass is 1140 g/mol. The first-order valence-electron chi connectivity index (χ1n) is 34.0. The number of allylic oxidation sites excluding steroid dienone is 25. The van der Waals surface area contributed by atoms with Gasteiger partial charge in [0.05, 0.1) is 6.42 Å². The average molecular weight is 1150 g/mol. The summed E-state index contributed by atoms with van der Waals surface area (Å²) in [5.41, 5.74) is 0. The van der Waals surface area contributed by atoms with Gasteiger partial charge in [-0.1, -0.05) is 307 Å². The molecule has 0 N–H and O–H groups in total. The number of esters is 3. The number of carbonyl (C=O) groups is 3. The van der Waals surface area contributed by atoms with Gasteiger partial charge >= 0.3 is 17.9 Å². The van der Waals surface area contributed by atoms with Crippen LogP contribution in [0.4, 0.5) is 0 Å². The molecule has 0 bridgehead atoms. The van der Waals surface area contributed by atoms with Crippen molar-refractivity contribution in [1.82, 2.24) is 0 Å². The first-order valence-corrected chi connectivity index (χ1v) is 34.0. The van der Waals surface area contributed by atoms with Gasteiger partial charge in [0, 0.05) is 12.8 Å². The first-order chi connectivity index (χ1) is 41.0. The van der Waals surface area contributed by atoms with E-state index in [0.29, 0.717) is 12.8 Å². The van der Waals surface area contributed by atoms with Crippen LogP contribution >= 0.6 is 0 Å². The molecule has 1 unspecified atom stereocenters. The van der Waals surface area contributed by atoms with Crippen molar-refractivity contribution < 1.29 is 28.6 Å². The number of hydrogen-bond donors (Lipinski definition) is 0. The Labute approximate surface area is 511 Å². The maximum Gasteiger partial charge on any atom is 0.309 e. The van der Waals surface area contributed by atoms with E-state index in [9.17, 15) is 14.4 Å². The number of carbonyl (C=O) groups excluding carboxylic acids is 3. The molecule has 83 heavy (non-hydrogen) atoms. The van der Waals surface area contributed by atoms with E-state index in [1.165, 1.54) is 141 Å². The number of unbranched alkanes of at least 4 members (excludes halogenated alkanes) is 24. The summed E-state index contributed by atoms with van der Waals surface area (Å²) >= 11 is 0. The minimum absolute atomic E-state index is 0.109. The summed E-state index contributed by atoms with van der Waals surface area (Å²) in [5.74, 6) is -1.13. The van der Waals surface area contributed by atoms with Crippen molar-refractivity contribution in [2.45, 2.75) is 297 Å². The van der Waals surface area contributed by atoms with Gasteiger partial charge in [-0.2, -0.15) is 0 Å². The Morgan fingerprint density at radius 1 is 0.265 bits per heavy atom. The van der Waals surface area contributed by atoms with Crippen LogP contribution in [-0.4, -0.2) is 37.2 Å². The lowest BCUT2D eigenvalue weighted by atomic mass is 10.0. The Balaban J connectivity index is 4.32. The molecule has 0 fully saturated rings. The van der Waals surface area contributed by atoms with Crippen LogP contribution in [0.2, 0.25) is 0 Å². The molecule has 0 spiro atoms. The maximum atomic E-state index is 12.9. The largest absolute Gasteiger partial charge is 0.462 e. The molecule has 6 heteroatoms. The number of ether oxygens (including phenoxy) is 3. The second kappa shape index (κ2) is 69.5. The van der Waals surface area contributed by atoms with E-state index in [0.717, 1.165) is 103 Å². The highest BCUT2D eigenvalue weighted by molar-refractivity contribution is 5.72. The SMILES string of the molecule is CC/C=C\C/C=C\C/C=C\C/C=C\C/C=C\CCCC(=O)OC(COC(=O)C/C=C\C/C=C\C/C=C\C/C=C\C/C=C\CC)COC(=O)CCCCCCCCCCCCCCCCCCCC/C=C\C/C=C\C/C=C\CCCCCCC. The summed E-state index contributed by atoms with van der Waals surface area (Å²) in [6.45, 7) is 6.27. The van der Waals surface area contributed by atoms with Gasteiger partial charge in [-0.3, -0.25) is 14.4 Å². The summed E-state index contributed by atoms with van der Waals surface area (Å²) in [7, 11) is 0. The summed E-state index contributed by atoms with van der Waals surface area (Å²) in [6.07, 6.45) is 102. The molecule has 0 aromatic heterocycles. The molecule has 0 saturated heterocycles. The second-order valence-electron chi connectivity index (χ2n) is 22.0. The molecule has 0 saturated carbocycles. The van der Waals surface area contributed by atoms with Crippen LogP contribution < -0.4 is 0 Å². The molecule has 0 aromatic carbocycles. The van der Waals surface area contributed by atoms with Crippen LogP contribution in [0.25, 0.3) is 0 Å². The van der Waals surface area contributed by atoms with Crippen LogP contribution in [-0.2, 0) is 28.6 Å². The molecule has 0 amide bonds. The molecule has 0 radical (unpaired) electrons. The van der Waals surface area contributed by atoms with Gasteiger partial charge in [-0.25, -0.2) is 0 Å². The zero-order valence-electron chi connectivity index (χ0n) is 53.7. The average Bonchev–Trinajstić information content (AvgIpc) is 3.49. The molecule has 1 atom stereocenters. The lowest BCUT2D eigenvalue weighted by Gasteiger charge is -2.18. The quantitative estimate of drug-likeness (QED) is 0.0261. The standard InChI is InChI=1S/C77H124O6/c1-4-7-10-13-16-19-22-25-28-30-31-32-33-34-35-36-37-38-39-40-41-42-43-44-45-47-49-52-55-58-61-64-67-70-76(79)82-73-74(72-81-75(78)69-66-63-60-57-54-51-48-27-24-21-18-15-12-9-6-3)83-77(80)71-68-65-62-59-56-53-50-46-29-26-23-20-17-14-11-8-5-2/h8-9,11-12,17-18,20-22,25-27,29-31,33-34,48,50,53-54,57,59,62-63,66,74H,4-7,10,13-16,19,23-24,28,32,35-47,49,51-52,55-56,58,60-61,64-65,67-73H2,1-3H3/b11-8-,12-9-,20-17-,21-18-,25-22-,29-26-,31-30-,34-33-,48-27-,53-50-,57-54-,62-59-,66-63-. The predicted octanol–water partition coefficient (Wildman–Crippen LogP) is 23.7. The van der Waals surface area contributed by atoms with Crippen LogP contribution in [0.15, 0.2) is 158 Å². The Morgan fingerprint density at radius 2 is 0.530 bits per heavy atom. The minimum Gasteiger partial charge on any atom is -0.462 e. The van der Waals surface area contributed by atoms with Gasteiger partial charge in [0.25, 0.3) is 0 Å². The Morgan fingerprint density at radius 3 is 0.880 bits per heavy atom. The third-order valence-corrected chi connectivity index (χ3v) is 14.0. The van der Waals surface area contributed by atoms with Gasteiger partial charge in [0.2, 0.25) is 0 Å². The maximum absolute atomic E-state index is 12.9. The van der Waals surface area contributed by atoms with Crippen LogP contribution in [0.1, 0.15) is 290 Å². The Kier molecular flexibility index (Phi) is 65.4. The minimum atomic E-state index is -0.855. The Bertz CT molecular complexity index is 1840. The fourth-order valence-electron chi connectivity index (χ4n) is 9.03. The fourth-order valence-corrected chi connectivity index (χ4v) is 9.03. The smallest absolute Gasteiger partial charge is 0.309 e. The lowest BCUT2D eigenvalue weighted by molar-refractivity contribution is -0.166. The van der Waals surface area contributed by atoms with Crippen molar-refractivity contribution in [2.75, 3.05) is 13.2 Å². The van der Waals surface area contributed by atoms with Crippen LogP contribution in [0.5, 0.6) is 0 Å². The summed E-state index contributed by atoms with van der Waals surface area (Å²) in [6, 6.07) is 0. The third-order valence-electron chi connectivity index (χ3n) is 14.0. The van der Waals surface area contributed by atoms with Crippen molar-refractivity contribution in [3.63, 3.8) is 0 Å². The van der Waals surface area contributed by atoms with Crippen molar-refractivity contribution in [3.05, 3.63) is 158 Å². The normalized spacial score (nSPS) is 13.1. The highest BCUT2D eigenvalue weighted by Crippen LogP contribution is 2.16. The first kappa shape index (κ1) is 78.0. The molecule has 0 aromatic rings. The Hall–Kier alpha value is -4.97. The highest BCUT2D eigenvalue weighted by Gasteiger charge is 2.19. The number of rotatable bonds is 60. The molecule has 0 aliphatic rings. The zero-order chi connectivity index (χ0) is 59.9. The molecular formula is C77H124O6. The van der Waals surface area contributed by atoms with E-state index in [4.69, 9.17) is 14.2 Å². The molecule has 0 aliphatic heterocycles. The molecule has 0 rings (SSSR count). The molecule has 6 nitrogen and oxygen atoms in total.